The molecule has 0 unspecified atom stereocenters. The Bertz CT molecular complexity index is 1060. The van der Waals surface area contributed by atoms with E-state index < -0.39 is 0 Å². The minimum Gasteiger partial charge on any atom is -0.293 e. The predicted octanol–water partition coefficient (Wildman–Crippen LogP) is 3.25. The fourth-order valence-electron chi connectivity index (χ4n) is 3.40. The maximum Gasteiger partial charge on any atom is 0.274 e. The van der Waals surface area contributed by atoms with Crippen molar-refractivity contribution in [1.82, 2.24) is 14.7 Å². The van der Waals surface area contributed by atoms with Crippen molar-refractivity contribution in [1.29, 1.82) is 5.26 Å². The van der Waals surface area contributed by atoms with Crippen LogP contribution in [0.1, 0.15) is 22.4 Å². The molecule has 0 radical (unpaired) electrons. The van der Waals surface area contributed by atoms with Crippen LogP contribution in [0.4, 0.5) is 0 Å². The van der Waals surface area contributed by atoms with Gasteiger partial charge in [0.2, 0.25) is 0 Å². The SMILES string of the molecule is N#Cc1cccc(-n2[nH]c3c(c2=O)CCN(Cc2cccc(Cl)c2)C3)c1. The highest BCUT2D eigenvalue weighted by molar-refractivity contribution is 6.30. The van der Waals surface area contributed by atoms with Crippen LogP contribution >= 0.6 is 11.6 Å². The number of nitriles is 1. The standard InChI is InChI=1S/C20H17ClN4O/c21-16-5-1-4-15(9-16)12-24-8-7-18-19(13-24)23-25(20(18)26)17-6-2-3-14(10-17)11-22/h1-6,9-10,23H,7-8,12-13H2. The van der Waals surface area contributed by atoms with E-state index in [-0.39, 0.29) is 5.56 Å². The zero-order valence-corrected chi connectivity index (χ0v) is 14.8. The van der Waals surface area contributed by atoms with Gasteiger partial charge in [-0.3, -0.25) is 14.8 Å². The first-order valence-corrected chi connectivity index (χ1v) is 8.82. The molecule has 0 saturated carbocycles. The first-order valence-electron chi connectivity index (χ1n) is 8.44. The van der Waals surface area contributed by atoms with E-state index in [9.17, 15) is 4.79 Å². The van der Waals surface area contributed by atoms with Crippen LogP contribution in [0.15, 0.2) is 53.3 Å². The van der Waals surface area contributed by atoms with Crippen molar-refractivity contribution in [3.05, 3.63) is 86.3 Å². The molecule has 0 fully saturated rings. The van der Waals surface area contributed by atoms with Crippen molar-refractivity contribution < 1.29 is 0 Å². The van der Waals surface area contributed by atoms with Crippen LogP contribution in [0, 0.1) is 11.3 Å². The van der Waals surface area contributed by atoms with E-state index in [1.165, 1.54) is 4.68 Å². The summed E-state index contributed by atoms with van der Waals surface area (Å²) in [5.74, 6) is 0. The van der Waals surface area contributed by atoms with Crippen LogP contribution in [0.3, 0.4) is 0 Å². The Kier molecular flexibility index (Phi) is 4.37. The number of aromatic nitrogens is 2. The maximum atomic E-state index is 12.7. The molecule has 2 aromatic carbocycles. The Morgan fingerprint density at radius 1 is 1.19 bits per heavy atom. The average molecular weight is 365 g/mol. The van der Waals surface area contributed by atoms with Crippen molar-refractivity contribution in [2.75, 3.05) is 6.54 Å². The van der Waals surface area contributed by atoms with Crippen LogP contribution in [0.2, 0.25) is 5.02 Å². The van der Waals surface area contributed by atoms with Gasteiger partial charge in [-0.15, -0.1) is 0 Å². The number of nitrogens with zero attached hydrogens (tertiary/aromatic N) is 3. The molecule has 1 aromatic heterocycles. The highest BCUT2D eigenvalue weighted by atomic mass is 35.5. The molecule has 5 nitrogen and oxygen atoms in total. The Hall–Kier alpha value is -2.81. The molecule has 1 aliphatic rings. The van der Waals surface area contributed by atoms with Gasteiger partial charge in [-0.25, -0.2) is 4.68 Å². The topological polar surface area (TPSA) is 64.8 Å². The van der Waals surface area contributed by atoms with E-state index in [1.54, 1.807) is 18.2 Å². The first kappa shape index (κ1) is 16.6. The van der Waals surface area contributed by atoms with Gasteiger partial charge in [0.25, 0.3) is 5.56 Å². The zero-order valence-electron chi connectivity index (χ0n) is 14.1. The molecule has 1 N–H and O–H groups in total. The second kappa shape index (κ2) is 6.83. The smallest absolute Gasteiger partial charge is 0.274 e. The second-order valence-corrected chi connectivity index (χ2v) is 6.90. The number of aromatic amines is 1. The monoisotopic (exact) mass is 364 g/mol. The van der Waals surface area contributed by atoms with Gasteiger partial charge in [-0.1, -0.05) is 29.8 Å². The summed E-state index contributed by atoms with van der Waals surface area (Å²) in [6, 6.07) is 17.0. The molecule has 3 aromatic rings. The van der Waals surface area contributed by atoms with E-state index >= 15 is 0 Å². The number of hydrogen-bond acceptors (Lipinski definition) is 3. The summed E-state index contributed by atoms with van der Waals surface area (Å²) in [6.45, 7) is 2.30. The van der Waals surface area contributed by atoms with Gasteiger partial charge < -0.3 is 0 Å². The Morgan fingerprint density at radius 3 is 2.85 bits per heavy atom. The van der Waals surface area contributed by atoms with Crippen molar-refractivity contribution in [2.45, 2.75) is 19.5 Å². The minimum absolute atomic E-state index is 0.0301. The van der Waals surface area contributed by atoms with Gasteiger partial charge in [-0.2, -0.15) is 5.26 Å². The largest absolute Gasteiger partial charge is 0.293 e. The molecule has 0 amide bonds. The number of fused-ring (bicyclic) bond motifs is 1. The third kappa shape index (κ3) is 3.17. The number of nitrogens with one attached hydrogen (secondary N) is 1. The first-order chi connectivity index (χ1) is 12.6. The number of halogens is 1. The molecule has 0 bridgehead atoms. The van der Waals surface area contributed by atoms with E-state index in [0.29, 0.717) is 24.2 Å². The van der Waals surface area contributed by atoms with E-state index in [4.69, 9.17) is 16.9 Å². The summed E-state index contributed by atoms with van der Waals surface area (Å²) in [5, 5.41) is 13.0. The van der Waals surface area contributed by atoms with E-state index in [1.807, 2.05) is 24.3 Å². The van der Waals surface area contributed by atoms with Crippen molar-refractivity contribution in [3.63, 3.8) is 0 Å². The average Bonchev–Trinajstić information content (AvgIpc) is 2.98. The summed E-state index contributed by atoms with van der Waals surface area (Å²) < 4.78 is 1.54. The van der Waals surface area contributed by atoms with Crippen molar-refractivity contribution >= 4 is 11.6 Å². The molecular weight excluding hydrogens is 348 g/mol. The van der Waals surface area contributed by atoms with E-state index in [2.05, 4.69) is 22.1 Å². The van der Waals surface area contributed by atoms with Crippen LogP contribution in [0.5, 0.6) is 0 Å². The predicted molar refractivity (Wildman–Crippen MR) is 100 cm³/mol. The number of benzene rings is 2. The lowest BCUT2D eigenvalue weighted by molar-refractivity contribution is 0.242. The van der Waals surface area contributed by atoms with E-state index in [0.717, 1.165) is 34.9 Å². The van der Waals surface area contributed by atoms with Gasteiger partial charge >= 0.3 is 0 Å². The third-order valence-corrected chi connectivity index (χ3v) is 4.90. The highest BCUT2D eigenvalue weighted by Crippen LogP contribution is 2.19. The highest BCUT2D eigenvalue weighted by Gasteiger charge is 2.23. The number of rotatable bonds is 3. The maximum absolute atomic E-state index is 12.7. The van der Waals surface area contributed by atoms with Gasteiger partial charge in [0.05, 0.1) is 23.0 Å². The molecule has 2 heterocycles. The third-order valence-electron chi connectivity index (χ3n) is 4.66. The summed E-state index contributed by atoms with van der Waals surface area (Å²) in [6.07, 6.45) is 0.705. The number of hydrogen-bond donors (Lipinski definition) is 1. The molecule has 6 heteroatoms. The quantitative estimate of drug-likeness (QED) is 0.775. The van der Waals surface area contributed by atoms with Crippen LogP contribution in [-0.4, -0.2) is 21.2 Å². The minimum atomic E-state index is -0.0301. The molecule has 130 valence electrons. The van der Waals surface area contributed by atoms with Crippen molar-refractivity contribution in [2.24, 2.45) is 0 Å². The van der Waals surface area contributed by atoms with Gasteiger partial charge in [0.1, 0.15) is 0 Å². The van der Waals surface area contributed by atoms with Gasteiger partial charge in [0, 0.05) is 30.2 Å². The fraction of sp³-hybridized carbons (Fsp3) is 0.200. The lowest BCUT2D eigenvalue weighted by Gasteiger charge is -2.26. The Labute approximate surface area is 156 Å². The molecule has 0 saturated heterocycles. The van der Waals surface area contributed by atoms with Gasteiger partial charge in [0.15, 0.2) is 0 Å². The molecule has 0 spiro atoms. The molecule has 0 atom stereocenters. The summed E-state index contributed by atoms with van der Waals surface area (Å²) in [5.41, 5.74) is 4.11. The summed E-state index contributed by atoms with van der Waals surface area (Å²) in [7, 11) is 0. The summed E-state index contributed by atoms with van der Waals surface area (Å²) >= 11 is 6.07. The molecule has 4 rings (SSSR count). The lowest BCUT2D eigenvalue weighted by atomic mass is 10.1. The Morgan fingerprint density at radius 2 is 2.04 bits per heavy atom. The molecular formula is C20H17ClN4O. The fourth-order valence-corrected chi connectivity index (χ4v) is 3.62. The number of H-pyrrole nitrogens is 1. The normalized spacial score (nSPS) is 14.0. The second-order valence-electron chi connectivity index (χ2n) is 6.46. The van der Waals surface area contributed by atoms with Gasteiger partial charge in [-0.05, 0) is 42.3 Å². The van der Waals surface area contributed by atoms with Crippen LogP contribution in [0.25, 0.3) is 5.69 Å². The molecule has 0 aliphatic carbocycles. The van der Waals surface area contributed by atoms with Crippen molar-refractivity contribution in [3.8, 4) is 11.8 Å². The molecule has 26 heavy (non-hydrogen) atoms. The summed E-state index contributed by atoms with van der Waals surface area (Å²) in [4.78, 5) is 15.0. The molecule has 1 aliphatic heterocycles. The zero-order chi connectivity index (χ0) is 18.1. The van der Waals surface area contributed by atoms with Crippen LogP contribution in [-0.2, 0) is 19.5 Å². The Balaban J connectivity index is 1.60. The lowest BCUT2D eigenvalue weighted by Crippen LogP contribution is -2.31. The van der Waals surface area contributed by atoms with Crippen LogP contribution < -0.4 is 5.56 Å².